The highest BCUT2D eigenvalue weighted by Crippen LogP contribution is 2.28. The lowest BCUT2D eigenvalue weighted by molar-refractivity contribution is 0.0941. The number of likely N-dealkylation sites (tertiary alicyclic amines) is 1. The van der Waals surface area contributed by atoms with Gasteiger partial charge in [-0.15, -0.1) is 4.83 Å². The number of carbonyl (C=O) groups is 2. The first-order valence-electron chi connectivity index (χ1n) is 10.9. The van der Waals surface area contributed by atoms with Crippen LogP contribution in [-0.2, 0) is 10.0 Å². The maximum absolute atomic E-state index is 14.6. The summed E-state index contributed by atoms with van der Waals surface area (Å²) in [6.07, 6.45) is 0.529. The fourth-order valence-corrected chi connectivity index (χ4v) is 5.25. The van der Waals surface area contributed by atoms with E-state index >= 15 is 0 Å². The molecular weight excluding hydrogens is 483 g/mol. The Labute approximate surface area is 204 Å². The van der Waals surface area contributed by atoms with Crippen molar-refractivity contribution in [3.8, 4) is 11.1 Å². The van der Waals surface area contributed by atoms with Crippen LogP contribution in [0.5, 0.6) is 0 Å². The quantitative estimate of drug-likeness (QED) is 0.558. The summed E-state index contributed by atoms with van der Waals surface area (Å²) in [6.45, 7) is 5.08. The second kappa shape index (κ2) is 10.7. The topological polar surface area (TPSA) is 98.8 Å². The number of aryl methyl sites for hydroxylation is 1. The average molecular weight is 511 g/mol. The number of hydrogen-bond donors (Lipinski definition) is 2. The van der Waals surface area contributed by atoms with E-state index in [0.717, 1.165) is 11.1 Å². The van der Waals surface area contributed by atoms with Crippen LogP contribution in [0, 0.1) is 18.7 Å². The summed E-state index contributed by atoms with van der Waals surface area (Å²) in [5, 5.41) is -0.250. The third kappa shape index (κ3) is 6.25. The number of hydrogen-bond acceptors (Lipinski definition) is 4. The van der Waals surface area contributed by atoms with Gasteiger partial charge in [0.15, 0.2) is 5.82 Å². The van der Waals surface area contributed by atoms with Crippen LogP contribution >= 0.6 is 11.6 Å². The van der Waals surface area contributed by atoms with Gasteiger partial charge in [0.25, 0.3) is 5.91 Å². The molecule has 0 spiro atoms. The molecule has 1 heterocycles. The number of amides is 3. The van der Waals surface area contributed by atoms with Gasteiger partial charge >= 0.3 is 6.03 Å². The van der Waals surface area contributed by atoms with Gasteiger partial charge in [0.1, 0.15) is 0 Å². The minimum absolute atomic E-state index is 0.149. The van der Waals surface area contributed by atoms with E-state index in [1.807, 2.05) is 36.9 Å². The maximum atomic E-state index is 14.6. The van der Waals surface area contributed by atoms with Crippen LogP contribution in [0.4, 0.5) is 9.18 Å². The highest BCUT2D eigenvalue weighted by Gasteiger charge is 2.31. The number of benzene rings is 2. The lowest BCUT2D eigenvalue weighted by Gasteiger charge is -2.23. The van der Waals surface area contributed by atoms with Gasteiger partial charge in [-0.3, -0.25) is 10.2 Å². The summed E-state index contributed by atoms with van der Waals surface area (Å²) >= 11 is 6.00. The van der Waals surface area contributed by atoms with Gasteiger partial charge in [0.05, 0.1) is 16.3 Å². The lowest BCUT2D eigenvalue weighted by Crippen LogP contribution is -2.44. The number of halogens is 2. The Morgan fingerprint density at radius 3 is 2.65 bits per heavy atom. The summed E-state index contributed by atoms with van der Waals surface area (Å²) in [6, 6.07) is 9.98. The first kappa shape index (κ1) is 25.9. The van der Waals surface area contributed by atoms with Crippen LogP contribution in [0.2, 0.25) is 5.02 Å². The normalized spacial score (nSPS) is 15.9. The molecule has 1 atom stereocenters. The van der Waals surface area contributed by atoms with Crippen LogP contribution < -0.4 is 10.3 Å². The summed E-state index contributed by atoms with van der Waals surface area (Å²) < 4.78 is 39.6. The highest BCUT2D eigenvalue weighted by molar-refractivity contribution is 7.89. The fraction of sp³-hybridized carbons (Fsp3) is 0.391. The van der Waals surface area contributed by atoms with E-state index < -0.39 is 21.7 Å². The molecule has 1 aliphatic heterocycles. The van der Waals surface area contributed by atoms with E-state index in [2.05, 4.69) is 5.43 Å². The zero-order chi connectivity index (χ0) is 25.0. The van der Waals surface area contributed by atoms with Gasteiger partial charge in [0, 0.05) is 26.7 Å². The summed E-state index contributed by atoms with van der Waals surface area (Å²) in [7, 11) is -2.24. The molecule has 1 unspecified atom stereocenters. The minimum Gasteiger partial charge on any atom is -0.328 e. The molecule has 3 rings (SSSR count). The van der Waals surface area contributed by atoms with Crippen LogP contribution in [0.3, 0.4) is 0 Å². The summed E-state index contributed by atoms with van der Waals surface area (Å²) in [4.78, 5) is 30.0. The van der Waals surface area contributed by atoms with Crippen molar-refractivity contribution in [3.05, 3.63) is 58.4 Å². The van der Waals surface area contributed by atoms with E-state index in [-0.39, 0.29) is 28.3 Å². The molecule has 11 heteroatoms. The maximum Gasteiger partial charge on any atom is 0.319 e. The number of carbonyl (C=O) groups excluding carboxylic acids is 2. The van der Waals surface area contributed by atoms with Crippen molar-refractivity contribution in [2.75, 3.05) is 32.4 Å². The molecule has 2 aromatic carbocycles. The Hall–Kier alpha value is -2.69. The van der Waals surface area contributed by atoms with Crippen LogP contribution in [0.25, 0.3) is 11.1 Å². The number of nitrogens with zero attached hydrogens (tertiary/aromatic N) is 2. The number of sulfonamides is 1. The molecule has 0 aromatic heterocycles. The van der Waals surface area contributed by atoms with E-state index in [1.165, 1.54) is 12.1 Å². The van der Waals surface area contributed by atoms with Crippen molar-refractivity contribution >= 4 is 33.6 Å². The first-order chi connectivity index (χ1) is 16.0. The van der Waals surface area contributed by atoms with Crippen LogP contribution in [-0.4, -0.2) is 62.6 Å². The molecule has 0 saturated carbocycles. The second-order valence-corrected chi connectivity index (χ2v) is 10.6. The van der Waals surface area contributed by atoms with Crippen LogP contribution in [0.15, 0.2) is 36.4 Å². The Bertz CT molecular complexity index is 1190. The predicted molar refractivity (Wildman–Crippen MR) is 129 cm³/mol. The van der Waals surface area contributed by atoms with Gasteiger partial charge in [-0.05, 0) is 49.4 Å². The molecule has 0 radical (unpaired) electrons. The van der Waals surface area contributed by atoms with Gasteiger partial charge < -0.3 is 9.80 Å². The summed E-state index contributed by atoms with van der Waals surface area (Å²) in [5.41, 5.74) is 3.93. The molecule has 1 fully saturated rings. The monoisotopic (exact) mass is 510 g/mol. The molecule has 2 N–H and O–H groups in total. The SMILES string of the molecule is CCN(C)C(=O)N1CCC(CS(=O)(=O)NNC(=O)c2cc(-c3cccc(C)c3)cc(Cl)c2F)C1. The van der Waals surface area contributed by atoms with Gasteiger partial charge in [-0.2, -0.15) is 0 Å². The van der Waals surface area contributed by atoms with E-state index in [1.54, 1.807) is 22.9 Å². The van der Waals surface area contributed by atoms with E-state index in [4.69, 9.17) is 11.6 Å². The Kier molecular flexibility index (Phi) is 8.17. The Balaban J connectivity index is 1.65. The smallest absolute Gasteiger partial charge is 0.319 e. The molecule has 1 aliphatic rings. The molecule has 0 aliphatic carbocycles. The largest absolute Gasteiger partial charge is 0.328 e. The van der Waals surface area contributed by atoms with Crippen molar-refractivity contribution in [2.24, 2.45) is 5.92 Å². The van der Waals surface area contributed by atoms with Gasteiger partial charge in [-0.25, -0.2) is 17.6 Å². The van der Waals surface area contributed by atoms with Crippen molar-refractivity contribution in [1.82, 2.24) is 20.1 Å². The fourth-order valence-electron chi connectivity index (χ4n) is 3.81. The molecule has 0 bridgehead atoms. The molecular formula is C23H28ClFN4O4S. The zero-order valence-corrected chi connectivity index (χ0v) is 20.8. The van der Waals surface area contributed by atoms with E-state index in [0.29, 0.717) is 31.6 Å². The van der Waals surface area contributed by atoms with Gasteiger partial charge in [0.2, 0.25) is 10.0 Å². The predicted octanol–water partition coefficient (Wildman–Crippen LogP) is 3.41. The Morgan fingerprint density at radius 2 is 1.97 bits per heavy atom. The average Bonchev–Trinajstić information content (AvgIpc) is 3.25. The molecule has 8 nitrogen and oxygen atoms in total. The molecule has 1 saturated heterocycles. The zero-order valence-electron chi connectivity index (χ0n) is 19.3. The molecule has 2 aromatic rings. The van der Waals surface area contributed by atoms with Crippen molar-refractivity contribution < 1.29 is 22.4 Å². The number of nitrogens with one attached hydrogen (secondary N) is 2. The Morgan fingerprint density at radius 1 is 1.24 bits per heavy atom. The third-order valence-electron chi connectivity index (χ3n) is 5.76. The second-order valence-electron chi connectivity index (χ2n) is 8.42. The number of rotatable bonds is 7. The standard InChI is InChI=1S/C23H28ClFN4O4S/c1-4-28(3)23(31)29-9-8-16(13-29)14-34(32,33)27-26-22(30)19-11-18(12-20(24)21(19)25)17-7-5-6-15(2)10-17/h5-7,10-12,16,27H,4,8-9,13-14H2,1-3H3,(H,26,30). The number of hydrazine groups is 1. The summed E-state index contributed by atoms with van der Waals surface area (Å²) in [5.74, 6) is -2.47. The minimum atomic E-state index is -3.92. The van der Waals surface area contributed by atoms with Crippen LogP contribution in [0.1, 0.15) is 29.3 Å². The molecule has 184 valence electrons. The molecule has 3 amide bonds. The van der Waals surface area contributed by atoms with Crippen molar-refractivity contribution in [3.63, 3.8) is 0 Å². The van der Waals surface area contributed by atoms with Crippen molar-refractivity contribution in [1.29, 1.82) is 0 Å². The number of urea groups is 1. The van der Waals surface area contributed by atoms with Crippen molar-refractivity contribution in [2.45, 2.75) is 20.3 Å². The van der Waals surface area contributed by atoms with E-state index in [9.17, 15) is 22.4 Å². The van der Waals surface area contributed by atoms with Gasteiger partial charge in [-0.1, -0.05) is 41.4 Å². The highest BCUT2D eigenvalue weighted by atomic mass is 35.5. The molecule has 34 heavy (non-hydrogen) atoms. The first-order valence-corrected chi connectivity index (χ1v) is 12.9. The lowest BCUT2D eigenvalue weighted by atomic mass is 10.0. The third-order valence-corrected chi connectivity index (χ3v) is 7.36.